The average molecular weight is 407 g/mol. The highest BCUT2D eigenvalue weighted by Crippen LogP contribution is 2.22. The summed E-state index contributed by atoms with van der Waals surface area (Å²) in [7, 11) is 0. The van der Waals surface area contributed by atoms with Crippen LogP contribution in [-0.4, -0.2) is 30.1 Å². The molecule has 0 saturated heterocycles. The maximum Gasteiger partial charge on any atom is 0.343 e. The van der Waals surface area contributed by atoms with Crippen molar-refractivity contribution in [3.05, 3.63) is 100 Å². The van der Waals surface area contributed by atoms with Crippen LogP contribution in [-0.2, 0) is 4.74 Å². The molecule has 0 aliphatic carbocycles. The van der Waals surface area contributed by atoms with Crippen LogP contribution in [0.2, 0.25) is 0 Å². The third-order valence-electron chi connectivity index (χ3n) is 3.93. The minimum atomic E-state index is -0.827. The van der Waals surface area contributed by atoms with Crippen molar-refractivity contribution in [1.29, 1.82) is 0 Å². The van der Waals surface area contributed by atoms with Crippen LogP contribution in [0, 0.1) is 10.1 Å². The molecule has 8 heteroatoms. The smallest absolute Gasteiger partial charge is 0.343 e. The van der Waals surface area contributed by atoms with E-state index in [1.165, 1.54) is 30.3 Å². The molecule has 0 bridgehead atoms. The van der Waals surface area contributed by atoms with Crippen molar-refractivity contribution in [2.45, 2.75) is 0 Å². The first kappa shape index (κ1) is 20.5. The van der Waals surface area contributed by atoms with Gasteiger partial charge in [0, 0.05) is 12.1 Å². The van der Waals surface area contributed by atoms with E-state index < -0.39 is 16.9 Å². The number of nitrogens with zero attached hydrogens (tertiary/aromatic N) is 1. The Labute approximate surface area is 171 Å². The van der Waals surface area contributed by atoms with Crippen LogP contribution in [0.4, 0.5) is 5.69 Å². The maximum atomic E-state index is 12.4. The van der Waals surface area contributed by atoms with Crippen LogP contribution in [0.3, 0.4) is 0 Å². The fraction of sp³-hybridized carbons (Fsp3) is 0.0909. The van der Waals surface area contributed by atoms with Gasteiger partial charge >= 0.3 is 11.9 Å². The van der Waals surface area contributed by atoms with Crippen LogP contribution in [0.25, 0.3) is 0 Å². The van der Waals surface area contributed by atoms with Crippen LogP contribution in [0.15, 0.2) is 78.9 Å². The quantitative estimate of drug-likeness (QED) is 0.182. The molecule has 0 aliphatic heterocycles. The Morgan fingerprint density at radius 2 is 1.57 bits per heavy atom. The molecule has 0 amide bonds. The summed E-state index contributed by atoms with van der Waals surface area (Å²) >= 11 is 0. The second-order valence-electron chi connectivity index (χ2n) is 5.99. The fourth-order valence-electron chi connectivity index (χ4n) is 2.52. The number of para-hydroxylation sites is 2. The second kappa shape index (κ2) is 9.83. The molecule has 0 fully saturated rings. The lowest BCUT2D eigenvalue weighted by Crippen LogP contribution is -2.15. The number of carbonyl (C=O) groups is 2. The molecule has 0 aliphatic rings. The van der Waals surface area contributed by atoms with Gasteiger partial charge < -0.3 is 14.2 Å². The first-order valence-corrected chi connectivity index (χ1v) is 8.95. The number of rotatable bonds is 8. The highest BCUT2D eigenvalue weighted by atomic mass is 16.6. The van der Waals surface area contributed by atoms with Crippen molar-refractivity contribution in [1.82, 2.24) is 0 Å². The molecule has 0 spiro atoms. The number of benzene rings is 3. The van der Waals surface area contributed by atoms with Crippen LogP contribution < -0.4 is 9.47 Å². The third-order valence-corrected chi connectivity index (χ3v) is 3.93. The van der Waals surface area contributed by atoms with E-state index in [2.05, 4.69) is 0 Å². The normalized spacial score (nSPS) is 10.1. The highest BCUT2D eigenvalue weighted by Gasteiger charge is 2.18. The Hall–Kier alpha value is -4.20. The Morgan fingerprint density at radius 3 is 2.33 bits per heavy atom. The molecule has 0 saturated carbocycles. The molecule has 0 radical (unpaired) electrons. The molecule has 3 aromatic rings. The standard InChI is InChI=1S/C22H17NO7/c24-21(16-7-6-8-17(15-16)23(26)27)30-20-12-5-4-11-19(20)22(25)29-14-13-28-18-9-2-1-3-10-18/h1-12,15H,13-14H2. The summed E-state index contributed by atoms with van der Waals surface area (Å²) in [5.41, 5.74) is -0.199. The van der Waals surface area contributed by atoms with E-state index in [4.69, 9.17) is 14.2 Å². The summed E-state index contributed by atoms with van der Waals surface area (Å²) in [5, 5.41) is 10.9. The monoisotopic (exact) mass is 407 g/mol. The van der Waals surface area contributed by atoms with Crippen molar-refractivity contribution in [2.24, 2.45) is 0 Å². The maximum absolute atomic E-state index is 12.4. The van der Waals surface area contributed by atoms with E-state index in [9.17, 15) is 19.7 Å². The van der Waals surface area contributed by atoms with Gasteiger partial charge in [-0.1, -0.05) is 36.4 Å². The average Bonchev–Trinajstić information content (AvgIpc) is 2.77. The van der Waals surface area contributed by atoms with Gasteiger partial charge in [0.2, 0.25) is 0 Å². The highest BCUT2D eigenvalue weighted by molar-refractivity contribution is 5.96. The fourth-order valence-corrected chi connectivity index (χ4v) is 2.52. The number of esters is 2. The Kier molecular flexibility index (Phi) is 6.73. The minimum absolute atomic E-state index is 0.000881. The Morgan fingerprint density at radius 1 is 0.833 bits per heavy atom. The van der Waals surface area contributed by atoms with Crippen LogP contribution in [0.1, 0.15) is 20.7 Å². The van der Waals surface area contributed by atoms with Crippen molar-refractivity contribution in [2.75, 3.05) is 13.2 Å². The zero-order chi connectivity index (χ0) is 21.3. The van der Waals surface area contributed by atoms with Gasteiger partial charge in [0.1, 0.15) is 30.3 Å². The molecule has 0 heterocycles. The van der Waals surface area contributed by atoms with Crippen molar-refractivity contribution in [3.8, 4) is 11.5 Å². The van der Waals surface area contributed by atoms with E-state index in [0.717, 1.165) is 6.07 Å². The topological polar surface area (TPSA) is 105 Å². The number of nitro benzene ring substituents is 1. The molecule has 0 aromatic heterocycles. The predicted molar refractivity (Wildman–Crippen MR) is 107 cm³/mol. The summed E-state index contributed by atoms with van der Waals surface area (Å²) in [6.07, 6.45) is 0. The molecule has 0 unspecified atom stereocenters. The van der Waals surface area contributed by atoms with Gasteiger partial charge in [-0.3, -0.25) is 10.1 Å². The van der Waals surface area contributed by atoms with E-state index in [0.29, 0.717) is 5.75 Å². The lowest BCUT2D eigenvalue weighted by atomic mass is 10.2. The summed E-state index contributed by atoms with van der Waals surface area (Å²) in [6, 6.07) is 20.3. The zero-order valence-corrected chi connectivity index (χ0v) is 15.7. The van der Waals surface area contributed by atoms with Crippen LogP contribution >= 0.6 is 0 Å². The van der Waals surface area contributed by atoms with E-state index in [1.54, 1.807) is 24.3 Å². The third kappa shape index (κ3) is 5.41. The molecule has 3 rings (SSSR count). The van der Waals surface area contributed by atoms with E-state index >= 15 is 0 Å². The summed E-state index contributed by atoms with van der Waals surface area (Å²) in [4.78, 5) is 35.0. The molecule has 8 nitrogen and oxygen atoms in total. The van der Waals surface area contributed by atoms with E-state index in [1.807, 2.05) is 18.2 Å². The molecule has 152 valence electrons. The van der Waals surface area contributed by atoms with Crippen LogP contribution in [0.5, 0.6) is 11.5 Å². The number of ether oxygens (including phenoxy) is 3. The number of non-ortho nitro benzene ring substituents is 1. The summed E-state index contributed by atoms with van der Waals surface area (Å²) < 4.78 is 15.9. The van der Waals surface area contributed by atoms with E-state index in [-0.39, 0.29) is 35.8 Å². The summed E-state index contributed by atoms with van der Waals surface area (Å²) in [6.45, 7) is 0.159. The second-order valence-corrected chi connectivity index (χ2v) is 5.99. The van der Waals surface area contributed by atoms with Gasteiger partial charge in [0.25, 0.3) is 5.69 Å². The number of hydrogen-bond donors (Lipinski definition) is 0. The number of carbonyl (C=O) groups excluding carboxylic acids is 2. The SMILES string of the molecule is O=C(Oc1ccccc1C(=O)OCCOc1ccccc1)c1cccc([N+](=O)[O-])c1. The van der Waals surface area contributed by atoms with Crippen molar-refractivity contribution < 1.29 is 28.7 Å². The number of hydrogen-bond acceptors (Lipinski definition) is 7. The molecule has 0 atom stereocenters. The van der Waals surface area contributed by atoms with Gasteiger partial charge in [0.15, 0.2) is 0 Å². The molecule has 3 aromatic carbocycles. The van der Waals surface area contributed by atoms with Gasteiger partial charge in [-0.15, -0.1) is 0 Å². The largest absolute Gasteiger partial charge is 0.490 e. The zero-order valence-electron chi connectivity index (χ0n) is 15.7. The Bertz CT molecular complexity index is 1050. The molecule has 30 heavy (non-hydrogen) atoms. The molecule has 0 N–H and O–H groups in total. The van der Waals surface area contributed by atoms with Crippen molar-refractivity contribution in [3.63, 3.8) is 0 Å². The van der Waals surface area contributed by atoms with Gasteiger partial charge in [-0.05, 0) is 30.3 Å². The Balaban J connectivity index is 1.62. The lowest BCUT2D eigenvalue weighted by Gasteiger charge is -2.11. The molecular formula is C22H17NO7. The van der Waals surface area contributed by atoms with Crippen molar-refractivity contribution >= 4 is 17.6 Å². The lowest BCUT2D eigenvalue weighted by molar-refractivity contribution is -0.384. The minimum Gasteiger partial charge on any atom is -0.490 e. The predicted octanol–water partition coefficient (Wildman–Crippen LogP) is 4.05. The number of nitro groups is 1. The van der Waals surface area contributed by atoms with Gasteiger partial charge in [-0.25, -0.2) is 9.59 Å². The van der Waals surface area contributed by atoms with Gasteiger partial charge in [0.05, 0.1) is 10.5 Å². The molecular weight excluding hydrogens is 390 g/mol. The first-order chi connectivity index (χ1) is 14.5. The first-order valence-electron chi connectivity index (χ1n) is 8.95. The van der Waals surface area contributed by atoms with Gasteiger partial charge in [-0.2, -0.15) is 0 Å². The summed E-state index contributed by atoms with van der Waals surface area (Å²) in [5.74, 6) is -0.872.